The molecule has 142 valence electrons. The molecule has 0 saturated heterocycles. The van der Waals surface area contributed by atoms with Crippen LogP contribution in [0, 0.1) is 11.3 Å². The molecule has 1 aromatic rings. The van der Waals surface area contributed by atoms with Gasteiger partial charge in [0.05, 0.1) is 19.6 Å². The normalized spacial score (nSPS) is 30.0. The number of carbonyl (C=O) groups excluding carboxylic acids is 2. The minimum Gasteiger partial charge on any atom is -0.493 e. The summed E-state index contributed by atoms with van der Waals surface area (Å²) in [6.07, 6.45) is 4.62. The largest absolute Gasteiger partial charge is 0.493 e. The molecule has 3 rings (SSSR count). The Kier molecular flexibility index (Phi) is 4.76. The second-order valence-corrected chi connectivity index (χ2v) is 8.03. The smallest absolute Gasteiger partial charge is 0.311 e. The van der Waals surface area contributed by atoms with E-state index in [0.29, 0.717) is 11.5 Å². The summed E-state index contributed by atoms with van der Waals surface area (Å²) in [6, 6.07) is 3.93. The van der Waals surface area contributed by atoms with Crippen LogP contribution in [0.2, 0.25) is 0 Å². The SMILES string of the molecule is COC(=O)[C@@]1(C)CCC[C@]2(C)c3cc(OC)c(OC(C)=O)cc3CC[C@@H]12. The second kappa shape index (κ2) is 6.60. The van der Waals surface area contributed by atoms with Crippen LogP contribution < -0.4 is 9.47 Å². The van der Waals surface area contributed by atoms with E-state index in [1.54, 1.807) is 7.11 Å². The summed E-state index contributed by atoms with van der Waals surface area (Å²) in [4.78, 5) is 24.0. The van der Waals surface area contributed by atoms with Crippen LogP contribution in [0.15, 0.2) is 12.1 Å². The van der Waals surface area contributed by atoms with Gasteiger partial charge in [-0.25, -0.2) is 0 Å². The maximum Gasteiger partial charge on any atom is 0.311 e. The fourth-order valence-corrected chi connectivity index (χ4v) is 5.35. The summed E-state index contributed by atoms with van der Waals surface area (Å²) in [5.41, 5.74) is 1.78. The highest BCUT2D eigenvalue weighted by Gasteiger charge is 2.55. The van der Waals surface area contributed by atoms with Crippen molar-refractivity contribution >= 4 is 11.9 Å². The predicted molar refractivity (Wildman–Crippen MR) is 97.4 cm³/mol. The maximum atomic E-state index is 12.6. The molecular formula is C21H28O5. The molecule has 0 amide bonds. The van der Waals surface area contributed by atoms with Crippen LogP contribution in [0.25, 0.3) is 0 Å². The van der Waals surface area contributed by atoms with Crippen molar-refractivity contribution in [3.63, 3.8) is 0 Å². The zero-order valence-electron chi connectivity index (χ0n) is 16.3. The summed E-state index contributed by atoms with van der Waals surface area (Å²) in [6.45, 7) is 5.69. The van der Waals surface area contributed by atoms with Crippen molar-refractivity contribution in [2.75, 3.05) is 14.2 Å². The van der Waals surface area contributed by atoms with Gasteiger partial charge in [0.15, 0.2) is 11.5 Å². The zero-order chi connectivity index (χ0) is 19.1. The van der Waals surface area contributed by atoms with Gasteiger partial charge < -0.3 is 14.2 Å². The lowest BCUT2D eigenvalue weighted by Crippen LogP contribution is -2.52. The second-order valence-electron chi connectivity index (χ2n) is 8.03. The van der Waals surface area contributed by atoms with E-state index in [9.17, 15) is 9.59 Å². The molecule has 0 N–H and O–H groups in total. The van der Waals surface area contributed by atoms with E-state index in [4.69, 9.17) is 14.2 Å². The number of aryl methyl sites for hydroxylation is 1. The van der Waals surface area contributed by atoms with Crippen LogP contribution >= 0.6 is 0 Å². The fraction of sp³-hybridized carbons (Fsp3) is 0.619. The van der Waals surface area contributed by atoms with E-state index in [-0.39, 0.29) is 23.3 Å². The molecule has 1 fully saturated rings. The van der Waals surface area contributed by atoms with E-state index in [2.05, 4.69) is 13.8 Å². The van der Waals surface area contributed by atoms with Gasteiger partial charge in [0.1, 0.15) is 0 Å². The lowest BCUT2D eigenvalue weighted by Gasteiger charge is -2.54. The maximum absolute atomic E-state index is 12.6. The highest BCUT2D eigenvalue weighted by Crippen LogP contribution is 2.58. The topological polar surface area (TPSA) is 61.8 Å². The van der Waals surface area contributed by atoms with Crippen LogP contribution in [0.4, 0.5) is 0 Å². The van der Waals surface area contributed by atoms with Crippen molar-refractivity contribution in [1.29, 1.82) is 0 Å². The summed E-state index contributed by atoms with van der Waals surface area (Å²) in [5.74, 6) is 0.769. The molecule has 0 unspecified atom stereocenters. The number of ether oxygens (including phenoxy) is 3. The molecule has 0 radical (unpaired) electrons. The van der Waals surface area contributed by atoms with Crippen molar-refractivity contribution in [2.24, 2.45) is 11.3 Å². The van der Waals surface area contributed by atoms with Gasteiger partial charge >= 0.3 is 11.9 Å². The molecule has 2 aliphatic rings. The van der Waals surface area contributed by atoms with Gasteiger partial charge in [0.25, 0.3) is 0 Å². The van der Waals surface area contributed by atoms with Gasteiger partial charge in [0, 0.05) is 6.92 Å². The number of fused-ring (bicyclic) bond motifs is 3. The minimum absolute atomic E-state index is 0.111. The van der Waals surface area contributed by atoms with Crippen molar-refractivity contribution in [3.05, 3.63) is 23.3 Å². The number of hydrogen-bond donors (Lipinski definition) is 0. The van der Waals surface area contributed by atoms with Gasteiger partial charge in [-0.2, -0.15) is 0 Å². The molecule has 0 aromatic heterocycles. The van der Waals surface area contributed by atoms with Gasteiger partial charge in [-0.15, -0.1) is 0 Å². The predicted octanol–water partition coefficient (Wildman–Crippen LogP) is 3.80. The Morgan fingerprint density at radius 2 is 1.85 bits per heavy atom. The molecule has 5 heteroatoms. The van der Waals surface area contributed by atoms with E-state index < -0.39 is 5.41 Å². The molecule has 26 heavy (non-hydrogen) atoms. The Morgan fingerprint density at radius 3 is 2.46 bits per heavy atom. The first-order chi connectivity index (χ1) is 12.3. The first kappa shape index (κ1) is 18.7. The van der Waals surface area contributed by atoms with Crippen LogP contribution in [0.3, 0.4) is 0 Å². The van der Waals surface area contributed by atoms with E-state index in [0.717, 1.165) is 32.1 Å². The van der Waals surface area contributed by atoms with Gasteiger partial charge in [-0.1, -0.05) is 13.3 Å². The number of carbonyl (C=O) groups is 2. The van der Waals surface area contributed by atoms with Crippen LogP contribution in [-0.4, -0.2) is 26.2 Å². The Bertz CT molecular complexity index is 740. The molecule has 5 nitrogen and oxygen atoms in total. The zero-order valence-corrected chi connectivity index (χ0v) is 16.3. The van der Waals surface area contributed by atoms with Crippen LogP contribution in [-0.2, 0) is 26.2 Å². The lowest BCUT2D eigenvalue weighted by atomic mass is 9.50. The minimum atomic E-state index is -0.471. The van der Waals surface area contributed by atoms with E-state index in [1.165, 1.54) is 25.2 Å². The van der Waals surface area contributed by atoms with E-state index >= 15 is 0 Å². The number of methoxy groups -OCH3 is 2. The lowest BCUT2D eigenvalue weighted by molar-refractivity contribution is -0.161. The molecule has 0 bridgehead atoms. The number of hydrogen-bond acceptors (Lipinski definition) is 5. The highest BCUT2D eigenvalue weighted by molar-refractivity contribution is 5.77. The Hall–Kier alpha value is -2.04. The third-order valence-electron chi connectivity index (χ3n) is 6.54. The standard InChI is InChI=1S/C21H28O5/c1-13(22)26-17-11-14-7-8-18-20(2,15(14)12-16(17)24-4)9-6-10-21(18,3)19(23)25-5/h11-12,18H,6-10H2,1-5H3/t18-,20-,21+/m1/s1. The molecule has 1 aromatic carbocycles. The third kappa shape index (κ3) is 2.78. The average Bonchev–Trinajstić information content (AvgIpc) is 2.59. The van der Waals surface area contributed by atoms with Crippen LogP contribution in [0.1, 0.15) is 57.6 Å². The molecular weight excluding hydrogens is 332 g/mol. The van der Waals surface area contributed by atoms with Crippen molar-refractivity contribution in [2.45, 2.75) is 58.3 Å². The summed E-state index contributed by atoms with van der Waals surface area (Å²) in [5, 5.41) is 0. The van der Waals surface area contributed by atoms with Gasteiger partial charge in [-0.3, -0.25) is 9.59 Å². The summed E-state index contributed by atoms with van der Waals surface area (Å²) >= 11 is 0. The first-order valence-electron chi connectivity index (χ1n) is 9.24. The molecule has 2 aliphatic carbocycles. The number of esters is 2. The van der Waals surface area contributed by atoms with Crippen molar-refractivity contribution < 1.29 is 23.8 Å². The van der Waals surface area contributed by atoms with Crippen molar-refractivity contribution in [3.8, 4) is 11.5 Å². The average molecular weight is 360 g/mol. The Balaban J connectivity index is 2.09. The molecule has 0 spiro atoms. The van der Waals surface area contributed by atoms with Gasteiger partial charge in [-0.05, 0) is 67.2 Å². The quantitative estimate of drug-likeness (QED) is 0.606. The number of benzene rings is 1. The molecule has 0 aliphatic heterocycles. The number of rotatable bonds is 3. The Morgan fingerprint density at radius 1 is 1.12 bits per heavy atom. The molecule has 3 atom stereocenters. The first-order valence-corrected chi connectivity index (χ1v) is 9.24. The molecule has 1 saturated carbocycles. The monoisotopic (exact) mass is 360 g/mol. The highest BCUT2D eigenvalue weighted by atomic mass is 16.6. The fourth-order valence-electron chi connectivity index (χ4n) is 5.35. The van der Waals surface area contributed by atoms with E-state index in [1.807, 2.05) is 12.1 Å². The third-order valence-corrected chi connectivity index (χ3v) is 6.54. The van der Waals surface area contributed by atoms with Crippen LogP contribution in [0.5, 0.6) is 11.5 Å². The van der Waals surface area contributed by atoms with Gasteiger partial charge in [0.2, 0.25) is 0 Å². The summed E-state index contributed by atoms with van der Waals surface area (Å²) in [7, 11) is 3.06. The van der Waals surface area contributed by atoms with Crippen molar-refractivity contribution in [1.82, 2.24) is 0 Å². The molecule has 0 heterocycles. The Labute approximate surface area is 155 Å². The summed E-state index contributed by atoms with van der Waals surface area (Å²) < 4.78 is 16.0.